The summed E-state index contributed by atoms with van der Waals surface area (Å²) in [5.41, 5.74) is 0.450. The number of allylic oxidation sites excluding steroid dienone is 1. The zero-order valence-corrected chi connectivity index (χ0v) is 22.4. The summed E-state index contributed by atoms with van der Waals surface area (Å²) >= 11 is 0. The maximum atomic E-state index is 12.8. The van der Waals surface area contributed by atoms with E-state index >= 15 is 0 Å². The van der Waals surface area contributed by atoms with Gasteiger partial charge in [-0.05, 0) is 60.8 Å². The van der Waals surface area contributed by atoms with Crippen molar-refractivity contribution in [2.75, 3.05) is 32.2 Å². The average Bonchev–Trinajstić information content (AvgIpc) is 3.55. The van der Waals surface area contributed by atoms with Gasteiger partial charge in [0.1, 0.15) is 11.3 Å². The first kappa shape index (κ1) is 26.7. The minimum Gasteiger partial charge on any atom is -0.478 e. The van der Waals surface area contributed by atoms with Gasteiger partial charge >= 0.3 is 11.9 Å². The lowest BCUT2D eigenvalue weighted by Crippen LogP contribution is -2.60. The Kier molecular flexibility index (Phi) is 6.57. The van der Waals surface area contributed by atoms with E-state index in [0.717, 1.165) is 24.9 Å². The molecule has 1 aromatic carbocycles. The number of carboxylic acids is 1. The molecule has 1 saturated heterocycles. The number of carbonyl (C=O) groups excluding carboxylic acids is 1. The second kappa shape index (κ2) is 9.36. The normalized spacial score (nSPS) is 37.6. The molecule has 5 rings (SSSR count). The molecule has 38 heavy (non-hydrogen) atoms. The topological polar surface area (TPSA) is 120 Å². The number of rotatable bonds is 6. The molecule has 0 radical (unpaired) electrons. The van der Waals surface area contributed by atoms with Gasteiger partial charge in [-0.15, -0.1) is 0 Å². The number of hydrogen-bond donors (Lipinski definition) is 3. The molecular formula is C30H37NO7. The smallest absolute Gasteiger partial charge is 0.343 e. The van der Waals surface area contributed by atoms with E-state index in [4.69, 9.17) is 9.47 Å². The fourth-order valence-electron chi connectivity index (χ4n) is 7.27. The standard InChI is InChI=1S/C30H37NO7/c1-28-13-12-24(33)29(2,16-32)22(28)11-14-30(17-37-30)23(28)10-7-19-15-21(38-27(19)36)25(26(34)35)18-5-8-20(9-6-18)31(3)4/h5-10,15,22-24,32-33H,11-14,16-17H2,1-4H3,(H,34,35)/t22?,23?,24-,28+,29+,30?/m1/s1. The highest BCUT2D eigenvalue weighted by Crippen LogP contribution is 2.65. The number of fused-ring (bicyclic) bond motifs is 1. The van der Waals surface area contributed by atoms with Crippen LogP contribution in [0.1, 0.15) is 45.1 Å². The number of benzene rings is 1. The Morgan fingerprint density at radius 2 is 1.84 bits per heavy atom. The number of ether oxygens (including phenoxy) is 2. The molecule has 2 aliphatic carbocycles. The Balaban J connectivity index is 1.48. The molecule has 2 heterocycles. The molecule has 2 saturated carbocycles. The van der Waals surface area contributed by atoms with Crippen LogP contribution in [0.5, 0.6) is 0 Å². The van der Waals surface area contributed by atoms with Crippen LogP contribution in [0.3, 0.4) is 0 Å². The Morgan fingerprint density at radius 3 is 2.42 bits per heavy atom. The lowest BCUT2D eigenvalue weighted by atomic mass is 9.45. The van der Waals surface area contributed by atoms with Crippen LogP contribution in [-0.2, 0) is 19.1 Å². The number of aliphatic hydroxyl groups excluding tert-OH is 2. The molecule has 8 heteroatoms. The van der Waals surface area contributed by atoms with Crippen LogP contribution in [0.25, 0.3) is 5.57 Å². The van der Waals surface area contributed by atoms with Crippen LogP contribution >= 0.6 is 0 Å². The zero-order valence-electron chi connectivity index (χ0n) is 22.4. The van der Waals surface area contributed by atoms with Gasteiger partial charge in [0.2, 0.25) is 0 Å². The largest absolute Gasteiger partial charge is 0.478 e. The summed E-state index contributed by atoms with van der Waals surface area (Å²) in [4.78, 5) is 26.9. The van der Waals surface area contributed by atoms with Crippen LogP contribution in [0.4, 0.5) is 5.69 Å². The minimum absolute atomic E-state index is 0.0125. The molecule has 3 fully saturated rings. The van der Waals surface area contributed by atoms with Gasteiger partial charge in [-0.1, -0.05) is 38.1 Å². The lowest BCUT2D eigenvalue weighted by molar-refractivity contribution is -0.167. The third-order valence-electron chi connectivity index (χ3n) is 9.62. The predicted molar refractivity (Wildman–Crippen MR) is 142 cm³/mol. The van der Waals surface area contributed by atoms with E-state index in [2.05, 4.69) is 6.92 Å². The highest BCUT2D eigenvalue weighted by molar-refractivity contribution is 6.18. The molecular weight excluding hydrogens is 486 g/mol. The fourth-order valence-corrected chi connectivity index (χ4v) is 7.27. The van der Waals surface area contributed by atoms with Crippen LogP contribution in [0.2, 0.25) is 0 Å². The highest BCUT2D eigenvalue weighted by Gasteiger charge is 2.66. The quantitative estimate of drug-likeness (QED) is 0.294. The fraction of sp³-hybridized carbons (Fsp3) is 0.533. The van der Waals surface area contributed by atoms with Crippen molar-refractivity contribution in [2.45, 2.75) is 51.2 Å². The molecule has 0 bridgehead atoms. The summed E-state index contributed by atoms with van der Waals surface area (Å²) in [6.07, 6.45) is 7.74. The lowest BCUT2D eigenvalue weighted by Gasteiger charge is -2.60. The number of carbonyl (C=O) groups is 2. The molecule has 3 unspecified atom stereocenters. The molecule has 1 spiro atoms. The molecule has 204 valence electrons. The van der Waals surface area contributed by atoms with Crippen molar-refractivity contribution in [2.24, 2.45) is 22.7 Å². The summed E-state index contributed by atoms with van der Waals surface area (Å²) in [7, 11) is 3.80. The van der Waals surface area contributed by atoms with E-state index < -0.39 is 23.5 Å². The number of aliphatic hydroxyl groups is 2. The van der Waals surface area contributed by atoms with E-state index in [1.165, 1.54) is 6.08 Å². The molecule has 3 N–H and O–H groups in total. The summed E-state index contributed by atoms with van der Waals surface area (Å²) in [6.45, 7) is 4.74. The first-order valence-electron chi connectivity index (χ1n) is 13.3. The van der Waals surface area contributed by atoms with E-state index in [-0.39, 0.29) is 46.4 Å². The van der Waals surface area contributed by atoms with E-state index in [0.29, 0.717) is 18.6 Å². The van der Waals surface area contributed by atoms with Gasteiger partial charge in [0.25, 0.3) is 0 Å². The number of nitrogens with zero attached hydrogens (tertiary/aromatic N) is 1. The van der Waals surface area contributed by atoms with Crippen molar-refractivity contribution in [3.8, 4) is 0 Å². The van der Waals surface area contributed by atoms with Gasteiger partial charge in [-0.2, -0.15) is 0 Å². The molecule has 4 aliphatic rings. The second-order valence-electron chi connectivity index (χ2n) is 12.0. The zero-order chi connectivity index (χ0) is 27.5. The van der Waals surface area contributed by atoms with E-state index in [1.807, 2.05) is 44.1 Å². The molecule has 0 aromatic heterocycles. The number of epoxide rings is 1. The average molecular weight is 524 g/mol. The van der Waals surface area contributed by atoms with Gasteiger partial charge in [0.05, 0.1) is 30.5 Å². The first-order valence-corrected chi connectivity index (χ1v) is 13.3. The van der Waals surface area contributed by atoms with Crippen LogP contribution < -0.4 is 4.90 Å². The second-order valence-corrected chi connectivity index (χ2v) is 12.0. The molecule has 8 nitrogen and oxygen atoms in total. The minimum atomic E-state index is -1.18. The van der Waals surface area contributed by atoms with E-state index in [1.54, 1.807) is 18.2 Å². The molecule has 6 atom stereocenters. The predicted octanol–water partition coefficient (Wildman–Crippen LogP) is 3.54. The third-order valence-corrected chi connectivity index (χ3v) is 9.62. The van der Waals surface area contributed by atoms with Gasteiger partial charge in [0.15, 0.2) is 0 Å². The number of esters is 1. The van der Waals surface area contributed by atoms with Crippen LogP contribution in [0.15, 0.2) is 53.8 Å². The van der Waals surface area contributed by atoms with Crippen molar-refractivity contribution in [3.05, 3.63) is 59.4 Å². The van der Waals surface area contributed by atoms with Crippen molar-refractivity contribution in [1.29, 1.82) is 0 Å². The van der Waals surface area contributed by atoms with Gasteiger partial charge in [-0.3, -0.25) is 0 Å². The summed E-state index contributed by atoms with van der Waals surface area (Å²) < 4.78 is 11.4. The highest BCUT2D eigenvalue weighted by atomic mass is 16.6. The Hall–Kier alpha value is -2.94. The third kappa shape index (κ3) is 4.19. The van der Waals surface area contributed by atoms with E-state index in [9.17, 15) is 24.9 Å². The Labute approximate surface area is 223 Å². The van der Waals surface area contributed by atoms with Gasteiger partial charge in [-0.25, -0.2) is 9.59 Å². The number of aliphatic carboxylic acids is 1. The summed E-state index contributed by atoms with van der Waals surface area (Å²) in [5, 5.41) is 31.0. The number of cyclic esters (lactones) is 1. The Morgan fingerprint density at radius 1 is 1.16 bits per heavy atom. The van der Waals surface area contributed by atoms with Crippen molar-refractivity contribution in [1.82, 2.24) is 0 Å². The maximum Gasteiger partial charge on any atom is 0.343 e. The number of carboxylic acid groups (broad SMARTS) is 1. The Bertz CT molecular complexity index is 1230. The van der Waals surface area contributed by atoms with Crippen LogP contribution in [-0.4, -0.2) is 66.3 Å². The molecule has 1 aromatic rings. The molecule has 0 amide bonds. The number of hydrogen-bond acceptors (Lipinski definition) is 7. The monoisotopic (exact) mass is 523 g/mol. The van der Waals surface area contributed by atoms with Crippen molar-refractivity contribution >= 4 is 23.2 Å². The maximum absolute atomic E-state index is 12.8. The summed E-state index contributed by atoms with van der Waals surface area (Å²) in [5.74, 6) is -1.69. The van der Waals surface area contributed by atoms with Gasteiger partial charge in [0, 0.05) is 31.1 Å². The van der Waals surface area contributed by atoms with Crippen molar-refractivity contribution in [3.63, 3.8) is 0 Å². The SMILES string of the molecule is CN(C)c1ccc(C(C(=O)O)=C2C=C(C=CC3C4(CCC5[C@]3(C)CC[C@@H](O)[C@@]5(C)CO)CO4)C(=O)O2)cc1. The van der Waals surface area contributed by atoms with Gasteiger partial charge < -0.3 is 29.7 Å². The van der Waals surface area contributed by atoms with Crippen LogP contribution in [0, 0.1) is 22.7 Å². The molecule has 2 aliphatic heterocycles. The summed E-state index contributed by atoms with van der Waals surface area (Å²) in [6, 6.07) is 7.04. The first-order chi connectivity index (χ1) is 17.9. The number of anilines is 1. The van der Waals surface area contributed by atoms with Crippen molar-refractivity contribution < 1.29 is 34.4 Å².